The van der Waals surface area contributed by atoms with Crippen molar-refractivity contribution in [3.05, 3.63) is 35.9 Å². The van der Waals surface area contributed by atoms with E-state index in [0.717, 1.165) is 0 Å². The number of ether oxygens (including phenoxy) is 1. The van der Waals surface area contributed by atoms with Crippen LogP contribution in [0.4, 0.5) is 0 Å². The van der Waals surface area contributed by atoms with Gasteiger partial charge in [-0.1, -0.05) is 30.3 Å². The Balaban J connectivity index is 2.32. The molecule has 0 spiro atoms. The summed E-state index contributed by atoms with van der Waals surface area (Å²) in [5.41, 5.74) is -2.35. The van der Waals surface area contributed by atoms with Gasteiger partial charge in [0.25, 0.3) is 0 Å². The maximum atomic E-state index is 12.3. The van der Waals surface area contributed by atoms with Crippen LogP contribution in [0.2, 0.25) is 0 Å². The Hall–Kier alpha value is -1.35. The number of carbonyl (C=O) groups is 1. The Morgan fingerprint density at radius 3 is 2.20 bits per heavy atom. The third-order valence-electron chi connectivity index (χ3n) is 3.38. The zero-order valence-corrected chi connectivity index (χ0v) is 10.5. The quantitative estimate of drug-likeness (QED) is 0.406. The summed E-state index contributed by atoms with van der Waals surface area (Å²) in [5.74, 6) is -0.869. The number of rotatable bonds is 4. The van der Waals surface area contributed by atoms with Crippen LogP contribution in [0.15, 0.2) is 30.3 Å². The molecule has 7 heteroatoms. The molecule has 1 aromatic carbocycles. The fourth-order valence-corrected chi connectivity index (χ4v) is 2.18. The van der Waals surface area contributed by atoms with Gasteiger partial charge in [0.05, 0.1) is 6.61 Å². The largest absolute Gasteiger partial charge is 0.393 e. The number of carbonyl (C=O) groups excluding carboxylic acids is 1. The zero-order valence-electron chi connectivity index (χ0n) is 10.5. The second-order valence-corrected chi connectivity index (χ2v) is 4.71. The van der Waals surface area contributed by atoms with Crippen LogP contribution in [0, 0.1) is 0 Å². The fraction of sp³-hybridized carbons (Fsp3) is 0.462. The number of benzene rings is 1. The van der Waals surface area contributed by atoms with Crippen molar-refractivity contribution in [1.29, 1.82) is 0 Å². The van der Waals surface area contributed by atoms with Crippen LogP contribution >= 0.6 is 0 Å². The van der Waals surface area contributed by atoms with Gasteiger partial charge in [-0.05, 0) is 0 Å². The van der Waals surface area contributed by atoms with Gasteiger partial charge in [0.2, 0.25) is 0 Å². The van der Waals surface area contributed by atoms with Crippen LogP contribution in [-0.2, 0) is 4.74 Å². The van der Waals surface area contributed by atoms with Gasteiger partial charge in [0.1, 0.15) is 18.3 Å². The van der Waals surface area contributed by atoms with Crippen LogP contribution in [0.25, 0.3) is 0 Å². The second-order valence-electron chi connectivity index (χ2n) is 4.71. The van der Waals surface area contributed by atoms with E-state index in [1.165, 1.54) is 12.1 Å². The highest BCUT2D eigenvalue weighted by molar-refractivity contribution is 6.03. The van der Waals surface area contributed by atoms with Crippen LogP contribution in [-0.4, -0.2) is 68.1 Å². The molecule has 1 fully saturated rings. The average Bonchev–Trinajstić information content (AvgIpc) is 2.74. The average molecular weight is 284 g/mol. The molecule has 0 aromatic heterocycles. The third kappa shape index (κ3) is 2.35. The van der Waals surface area contributed by atoms with Gasteiger partial charge in [-0.15, -0.1) is 0 Å². The number of hydrogen-bond acceptors (Lipinski definition) is 7. The first-order valence-corrected chi connectivity index (χ1v) is 6.04. The van der Waals surface area contributed by atoms with Crippen molar-refractivity contribution in [3.63, 3.8) is 0 Å². The van der Waals surface area contributed by atoms with Crippen LogP contribution < -0.4 is 0 Å². The molecule has 1 unspecified atom stereocenters. The standard InChI is InChI=1S/C13H16O7/c14-6-13(19,10(17)7-4-2-1-3-5-7)11-8(15)9(16)12(18)20-11/h1-5,8-9,11-12,14-16,18-19H,6H2/t8-,9+,11-,12?,13-/m0/s1. The molecule has 5 atom stereocenters. The lowest BCUT2D eigenvalue weighted by atomic mass is 9.85. The van der Waals surface area contributed by atoms with Crippen molar-refractivity contribution >= 4 is 5.78 Å². The van der Waals surface area contributed by atoms with E-state index in [4.69, 9.17) is 4.74 Å². The minimum absolute atomic E-state index is 0.107. The minimum atomic E-state index is -2.46. The van der Waals surface area contributed by atoms with E-state index in [2.05, 4.69) is 0 Å². The predicted molar refractivity (Wildman–Crippen MR) is 65.7 cm³/mol. The monoisotopic (exact) mass is 284 g/mol. The number of hydrogen-bond donors (Lipinski definition) is 5. The Kier molecular flexibility index (Phi) is 4.19. The molecule has 1 aromatic rings. The van der Waals surface area contributed by atoms with Crippen molar-refractivity contribution in [3.8, 4) is 0 Å². The Bertz CT molecular complexity index is 477. The lowest BCUT2D eigenvalue weighted by Crippen LogP contribution is -2.57. The van der Waals surface area contributed by atoms with Crippen molar-refractivity contribution in [2.45, 2.75) is 30.2 Å². The molecule has 110 valence electrons. The molecule has 20 heavy (non-hydrogen) atoms. The SMILES string of the molecule is O=C(c1ccccc1)[C@@](O)(CO)[C@H]1OC(O)[C@H](O)[C@@H]1O. The summed E-state index contributed by atoms with van der Waals surface area (Å²) in [6, 6.07) is 7.67. The van der Waals surface area contributed by atoms with Crippen LogP contribution in [0.1, 0.15) is 10.4 Å². The molecule has 0 aliphatic carbocycles. The topological polar surface area (TPSA) is 127 Å². The number of ketones is 1. The molecule has 5 N–H and O–H groups in total. The predicted octanol–water partition coefficient (Wildman–Crippen LogP) is -1.97. The summed E-state index contributed by atoms with van der Waals surface area (Å²) in [6.07, 6.45) is -6.74. The molecule has 2 rings (SSSR count). The maximum Gasteiger partial charge on any atom is 0.199 e. The van der Waals surface area contributed by atoms with Crippen molar-refractivity contribution in [1.82, 2.24) is 0 Å². The molecule has 1 heterocycles. The van der Waals surface area contributed by atoms with Gasteiger partial charge in [-0.2, -0.15) is 0 Å². The Morgan fingerprint density at radius 2 is 1.75 bits per heavy atom. The highest BCUT2D eigenvalue weighted by Gasteiger charge is 2.56. The van der Waals surface area contributed by atoms with E-state index in [-0.39, 0.29) is 5.56 Å². The van der Waals surface area contributed by atoms with E-state index in [0.29, 0.717) is 0 Å². The smallest absolute Gasteiger partial charge is 0.199 e. The molecular formula is C13H16O7. The Morgan fingerprint density at radius 1 is 1.15 bits per heavy atom. The molecule has 1 saturated heterocycles. The maximum absolute atomic E-state index is 12.3. The van der Waals surface area contributed by atoms with Crippen molar-refractivity contribution < 1.29 is 35.1 Å². The van der Waals surface area contributed by atoms with Crippen molar-refractivity contribution in [2.24, 2.45) is 0 Å². The van der Waals surface area contributed by atoms with Gasteiger partial charge in [-0.25, -0.2) is 0 Å². The minimum Gasteiger partial charge on any atom is -0.393 e. The number of Topliss-reactive ketones (excluding diaryl/α,β-unsaturated/α-hetero) is 1. The molecule has 0 saturated carbocycles. The summed E-state index contributed by atoms with van der Waals surface area (Å²) in [6.45, 7) is -1.03. The number of aliphatic hydroxyl groups excluding tert-OH is 4. The molecule has 0 bridgehead atoms. The first-order valence-electron chi connectivity index (χ1n) is 6.04. The van der Waals surface area contributed by atoms with Gasteiger partial charge >= 0.3 is 0 Å². The van der Waals surface area contributed by atoms with Gasteiger partial charge in [0, 0.05) is 5.56 Å². The summed E-state index contributed by atoms with van der Waals surface area (Å²) >= 11 is 0. The van der Waals surface area contributed by atoms with Crippen molar-refractivity contribution in [2.75, 3.05) is 6.61 Å². The summed E-state index contributed by atoms with van der Waals surface area (Å²) < 4.78 is 4.81. The summed E-state index contributed by atoms with van der Waals surface area (Å²) in [5, 5.41) is 48.1. The third-order valence-corrected chi connectivity index (χ3v) is 3.38. The van der Waals surface area contributed by atoms with Gasteiger partial charge in [-0.3, -0.25) is 4.79 Å². The van der Waals surface area contributed by atoms with Gasteiger partial charge < -0.3 is 30.3 Å². The van der Waals surface area contributed by atoms with E-state index >= 15 is 0 Å². The van der Waals surface area contributed by atoms with E-state index in [1.807, 2.05) is 0 Å². The van der Waals surface area contributed by atoms with E-state index in [1.54, 1.807) is 18.2 Å². The molecular weight excluding hydrogens is 268 g/mol. The van der Waals surface area contributed by atoms with E-state index in [9.17, 15) is 30.3 Å². The van der Waals surface area contributed by atoms with Gasteiger partial charge in [0.15, 0.2) is 17.7 Å². The first kappa shape index (κ1) is 15.0. The van der Waals surface area contributed by atoms with Crippen LogP contribution in [0.3, 0.4) is 0 Å². The lowest BCUT2D eigenvalue weighted by molar-refractivity contribution is -0.169. The lowest BCUT2D eigenvalue weighted by Gasteiger charge is -2.31. The first-order chi connectivity index (χ1) is 9.41. The summed E-state index contributed by atoms with van der Waals surface area (Å²) in [4.78, 5) is 12.3. The molecule has 1 aliphatic rings. The molecule has 0 amide bonds. The second kappa shape index (κ2) is 5.57. The molecule has 0 radical (unpaired) electrons. The molecule has 7 nitrogen and oxygen atoms in total. The summed E-state index contributed by atoms with van der Waals surface area (Å²) in [7, 11) is 0. The zero-order chi connectivity index (χ0) is 14.9. The Labute approximate surface area is 114 Å². The molecule has 1 aliphatic heterocycles. The highest BCUT2D eigenvalue weighted by Crippen LogP contribution is 2.30. The fourth-order valence-electron chi connectivity index (χ4n) is 2.18. The van der Waals surface area contributed by atoms with E-state index < -0.39 is 42.6 Å². The highest BCUT2D eigenvalue weighted by atomic mass is 16.7. The number of aliphatic hydroxyl groups is 5. The van der Waals surface area contributed by atoms with Crippen LogP contribution in [0.5, 0.6) is 0 Å². The normalized spacial score (nSPS) is 32.9.